The topological polar surface area (TPSA) is 111 Å². The van der Waals surface area contributed by atoms with Crippen LogP contribution < -0.4 is 10.6 Å². The Bertz CT molecular complexity index is 772. The number of urea groups is 1. The van der Waals surface area contributed by atoms with Gasteiger partial charge in [-0.3, -0.25) is 14.8 Å². The third kappa shape index (κ3) is 4.77. The first-order valence-electron chi connectivity index (χ1n) is 7.72. The first-order valence-corrected chi connectivity index (χ1v) is 7.72. The van der Waals surface area contributed by atoms with Crippen LogP contribution >= 0.6 is 0 Å². The van der Waals surface area contributed by atoms with Crippen molar-refractivity contribution in [3.63, 3.8) is 0 Å². The number of rotatable bonds is 7. The van der Waals surface area contributed by atoms with Crippen LogP contribution in [-0.2, 0) is 17.8 Å². The van der Waals surface area contributed by atoms with Gasteiger partial charge in [-0.05, 0) is 19.4 Å². The molecule has 0 aliphatic rings. The van der Waals surface area contributed by atoms with Gasteiger partial charge in [0.2, 0.25) is 0 Å². The van der Waals surface area contributed by atoms with Crippen LogP contribution in [0.5, 0.6) is 0 Å². The number of nitrogens with one attached hydrogen (secondary N) is 2. The second kappa shape index (κ2) is 8.25. The molecule has 1 aromatic carbocycles. The van der Waals surface area contributed by atoms with Gasteiger partial charge in [0.05, 0.1) is 35.5 Å². The number of ether oxygens (including phenoxy) is 1. The van der Waals surface area contributed by atoms with Crippen LogP contribution in [0.1, 0.15) is 16.7 Å². The zero-order valence-corrected chi connectivity index (χ0v) is 14.4. The number of nitro groups is 1. The monoisotopic (exact) mass is 347 g/mol. The molecule has 25 heavy (non-hydrogen) atoms. The molecular weight excluding hydrogens is 326 g/mol. The van der Waals surface area contributed by atoms with Gasteiger partial charge in [0.25, 0.3) is 5.69 Å². The Hall–Kier alpha value is -2.94. The summed E-state index contributed by atoms with van der Waals surface area (Å²) >= 11 is 0. The van der Waals surface area contributed by atoms with Crippen molar-refractivity contribution in [1.82, 2.24) is 15.1 Å². The van der Waals surface area contributed by atoms with E-state index in [4.69, 9.17) is 4.74 Å². The minimum absolute atomic E-state index is 0.0275. The molecule has 9 nitrogen and oxygen atoms in total. The lowest BCUT2D eigenvalue weighted by Crippen LogP contribution is -2.28. The number of benzene rings is 1. The normalized spacial score (nSPS) is 10.5. The number of carbonyl (C=O) groups is 1. The van der Waals surface area contributed by atoms with Gasteiger partial charge < -0.3 is 15.4 Å². The van der Waals surface area contributed by atoms with Crippen molar-refractivity contribution < 1.29 is 14.5 Å². The number of carbonyl (C=O) groups excluding carboxylic acids is 1. The smallest absolute Gasteiger partial charge is 0.319 e. The Balaban J connectivity index is 1.97. The minimum Gasteiger partial charge on any atom is -0.383 e. The number of methoxy groups -OCH3 is 1. The fourth-order valence-electron chi connectivity index (χ4n) is 2.37. The van der Waals surface area contributed by atoms with Crippen molar-refractivity contribution in [3.05, 3.63) is 51.3 Å². The quantitative estimate of drug-likeness (QED) is 0.590. The number of aromatic nitrogens is 2. The summed E-state index contributed by atoms with van der Waals surface area (Å²) in [4.78, 5) is 22.7. The van der Waals surface area contributed by atoms with E-state index in [-0.39, 0.29) is 5.69 Å². The van der Waals surface area contributed by atoms with Crippen molar-refractivity contribution in [2.24, 2.45) is 0 Å². The molecular formula is C16H21N5O4. The highest BCUT2D eigenvalue weighted by molar-refractivity contribution is 5.91. The highest BCUT2D eigenvalue weighted by Crippen LogP contribution is 2.28. The minimum atomic E-state index is -0.466. The molecule has 0 radical (unpaired) electrons. The average molecular weight is 347 g/mol. The highest BCUT2D eigenvalue weighted by Gasteiger charge is 2.17. The molecule has 0 atom stereocenters. The van der Waals surface area contributed by atoms with Gasteiger partial charge >= 0.3 is 6.03 Å². The Morgan fingerprint density at radius 1 is 1.40 bits per heavy atom. The second-order valence-corrected chi connectivity index (χ2v) is 5.57. The van der Waals surface area contributed by atoms with Gasteiger partial charge in [-0.25, -0.2) is 4.79 Å². The standard InChI is InChI=1S/C16H21N5O4/c1-11-4-5-14(21(23)24)12(2)15(11)19-16(22)17-8-13-9-18-20(10-13)6-7-25-3/h4-5,9-10H,6-8H2,1-3H3,(H2,17,19,22). The van der Waals surface area contributed by atoms with E-state index in [2.05, 4.69) is 15.7 Å². The summed E-state index contributed by atoms with van der Waals surface area (Å²) in [6, 6.07) is 2.61. The van der Waals surface area contributed by atoms with Crippen molar-refractivity contribution in [2.75, 3.05) is 19.0 Å². The zero-order valence-electron chi connectivity index (χ0n) is 14.4. The maximum atomic E-state index is 12.1. The molecule has 2 N–H and O–H groups in total. The van der Waals surface area contributed by atoms with Crippen molar-refractivity contribution in [2.45, 2.75) is 26.9 Å². The number of hydrogen-bond acceptors (Lipinski definition) is 5. The van der Waals surface area contributed by atoms with Crippen molar-refractivity contribution >= 4 is 17.4 Å². The summed E-state index contributed by atoms with van der Waals surface area (Å²) in [6.45, 7) is 4.88. The average Bonchev–Trinajstić information content (AvgIpc) is 3.02. The van der Waals surface area contributed by atoms with Crippen LogP contribution in [0.3, 0.4) is 0 Å². The molecule has 0 unspecified atom stereocenters. The summed E-state index contributed by atoms with van der Waals surface area (Å²) in [7, 11) is 1.62. The number of aryl methyl sites for hydroxylation is 1. The maximum Gasteiger partial charge on any atom is 0.319 e. The lowest BCUT2D eigenvalue weighted by atomic mass is 10.1. The molecule has 2 aromatic rings. The number of amides is 2. The SMILES string of the molecule is COCCn1cc(CNC(=O)Nc2c(C)ccc([N+](=O)[O-])c2C)cn1. The molecule has 2 amide bonds. The predicted molar refractivity (Wildman–Crippen MR) is 92.5 cm³/mol. The van der Waals surface area contributed by atoms with Crippen LogP contribution in [-0.4, -0.2) is 34.5 Å². The summed E-state index contributed by atoms with van der Waals surface area (Å²) in [5.41, 5.74) is 2.44. The van der Waals surface area contributed by atoms with E-state index in [1.807, 2.05) is 6.20 Å². The Morgan fingerprint density at radius 2 is 2.16 bits per heavy atom. The van der Waals surface area contributed by atoms with Crippen LogP contribution in [0.15, 0.2) is 24.5 Å². The summed E-state index contributed by atoms with van der Waals surface area (Å²) in [5, 5.41) is 20.6. The Labute approximate surface area is 145 Å². The third-order valence-corrected chi connectivity index (χ3v) is 3.74. The molecule has 0 saturated carbocycles. The van der Waals surface area contributed by atoms with E-state index >= 15 is 0 Å². The van der Waals surface area contributed by atoms with E-state index in [9.17, 15) is 14.9 Å². The highest BCUT2D eigenvalue weighted by atomic mass is 16.6. The number of hydrogen-bond donors (Lipinski definition) is 2. The molecule has 0 saturated heterocycles. The van der Waals surface area contributed by atoms with Crippen LogP contribution in [0.4, 0.5) is 16.2 Å². The number of nitrogens with zero attached hydrogens (tertiary/aromatic N) is 3. The van der Waals surface area contributed by atoms with Gasteiger partial charge in [-0.2, -0.15) is 5.10 Å². The fraction of sp³-hybridized carbons (Fsp3) is 0.375. The second-order valence-electron chi connectivity index (χ2n) is 5.57. The van der Waals surface area contributed by atoms with Crippen LogP contribution in [0.2, 0.25) is 0 Å². The fourth-order valence-corrected chi connectivity index (χ4v) is 2.37. The van der Waals surface area contributed by atoms with Crippen molar-refractivity contribution in [1.29, 1.82) is 0 Å². The molecule has 1 heterocycles. The Kier molecular flexibility index (Phi) is 6.07. The van der Waals surface area contributed by atoms with Crippen molar-refractivity contribution in [3.8, 4) is 0 Å². The molecule has 0 bridgehead atoms. The van der Waals surface area contributed by atoms with E-state index < -0.39 is 11.0 Å². The molecule has 134 valence electrons. The first-order chi connectivity index (χ1) is 11.9. The summed E-state index contributed by atoms with van der Waals surface area (Å²) in [6.07, 6.45) is 3.49. The largest absolute Gasteiger partial charge is 0.383 e. The molecule has 0 spiro atoms. The molecule has 0 aliphatic carbocycles. The number of nitro benzene ring substituents is 1. The Morgan fingerprint density at radius 3 is 2.84 bits per heavy atom. The summed E-state index contributed by atoms with van der Waals surface area (Å²) < 4.78 is 6.71. The van der Waals surface area contributed by atoms with E-state index in [0.717, 1.165) is 11.1 Å². The molecule has 9 heteroatoms. The van der Waals surface area contributed by atoms with Gasteiger partial charge in [0.1, 0.15) is 0 Å². The number of anilines is 1. The van der Waals surface area contributed by atoms with Crippen LogP contribution in [0.25, 0.3) is 0 Å². The molecule has 2 rings (SSSR count). The van der Waals surface area contributed by atoms with Gasteiger partial charge in [-0.15, -0.1) is 0 Å². The first kappa shape index (κ1) is 18.4. The van der Waals surface area contributed by atoms with Gasteiger partial charge in [0, 0.05) is 31.5 Å². The van der Waals surface area contributed by atoms with E-state index in [0.29, 0.717) is 30.9 Å². The van der Waals surface area contributed by atoms with Gasteiger partial charge in [-0.1, -0.05) is 6.07 Å². The summed E-state index contributed by atoms with van der Waals surface area (Å²) in [5.74, 6) is 0. The van der Waals surface area contributed by atoms with Crippen LogP contribution in [0, 0.1) is 24.0 Å². The predicted octanol–water partition coefficient (Wildman–Crippen LogP) is 2.38. The lowest BCUT2D eigenvalue weighted by Gasteiger charge is -2.12. The zero-order chi connectivity index (χ0) is 18.4. The molecule has 1 aromatic heterocycles. The van der Waals surface area contributed by atoms with E-state index in [1.54, 1.807) is 37.9 Å². The molecule has 0 aliphatic heterocycles. The maximum absolute atomic E-state index is 12.1. The third-order valence-electron chi connectivity index (χ3n) is 3.74. The lowest BCUT2D eigenvalue weighted by molar-refractivity contribution is -0.385. The van der Waals surface area contributed by atoms with Gasteiger partial charge in [0.15, 0.2) is 0 Å². The van der Waals surface area contributed by atoms with E-state index in [1.165, 1.54) is 6.07 Å². The molecule has 0 fully saturated rings.